The number of esters is 3. The van der Waals surface area contributed by atoms with Crippen molar-refractivity contribution in [2.24, 2.45) is 0 Å². The van der Waals surface area contributed by atoms with Gasteiger partial charge in [0.05, 0.1) is 0 Å². The van der Waals surface area contributed by atoms with Crippen molar-refractivity contribution in [2.75, 3.05) is 13.2 Å². The summed E-state index contributed by atoms with van der Waals surface area (Å²) in [7, 11) is 0. The quantitative estimate of drug-likeness (QED) is 0.0264. The van der Waals surface area contributed by atoms with Gasteiger partial charge < -0.3 is 14.2 Å². The lowest BCUT2D eigenvalue weighted by atomic mass is 10.1. The fraction of sp³-hybridized carbons (Fsp3) is 0.717. The number of allylic oxidation sites excluding steroid dienone is 12. The van der Waals surface area contributed by atoms with E-state index in [9.17, 15) is 14.4 Å². The van der Waals surface area contributed by atoms with E-state index in [1.54, 1.807) is 0 Å². The minimum Gasteiger partial charge on any atom is -0.462 e. The summed E-state index contributed by atoms with van der Waals surface area (Å²) in [6.07, 6.45) is 59.2. The van der Waals surface area contributed by atoms with Gasteiger partial charge in [0.25, 0.3) is 0 Å². The molecule has 0 fully saturated rings. The third-order valence-corrected chi connectivity index (χ3v) is 10.2. The van der Waals surface area contributed by atoms with E-state index in [-0.39, 0.29) is 31.1 Å². The van der Waals surface area contributed by atoms with Crippen LogP contribution in [0.1, 0.15) is 226 Å². The fourth-order valence-electron chi connectivity index (χ4n) is 6.52. The van der Waals surface area contributed by atoms with Crippen LogP contribution in [0.25, 0.3) is 0 Å². The van der Waals surface area contributed by atoms with E-state index in [1.807, 2.05) is 0 Å². The summed E-state index contributed by atoms with van der Waals surface area (Å²) >= 11 is 0. The summed E-state index contributed by atoms with van der Waals surface area (Å²) in [5.74, 6) is -0.923. The molecule has 0 bridgehead atoms. The fourth-order valence-corrected chi connectivity index (χ4v) is 6.52. The highest BCUT2D eigenvalue weighted by atomic mass is 16.6. The van der Waals surface area contributed by atoms with Crippen LogP contribution < -0.4 is 0 Å². The summed E-state index contributed by atoms with van der Waals surface area (Å²) in [5.41, 5.74) is 0. The average Bonchev–Trinajstić information content (AvgIpc) is 3.23. The Hall–Kier alpha value is -3.15. The van der Waals surface area contributed by atoms with Gasteiger partial charge in [0, 0.05) is 19.3 Å². The van der Waals surface area contributed by atoms with Crippen LogP contribution in [0.4, 0.5) is 0 Å². The van der Waals surface area contributed by atoms with Crippen molar-refractivity contribution in [3.8, 4) is 0 Å². The van der Waals surface area contributed by atoms with Gasteiger partial charge in [0.2, 0.25) is 0 Å². The lowest BCUT2D eigenvalue weighted by Crippen LogP contribution is -2.30. The topological polar surface area (TPSA) is 78.9 Å². The van der Waals surface area contributed by atoms with Crippen molar-refractivity contribution in [1.82, 2.24) is 0 Å². The maximum Gasteiger partial charge on any atom is 0.306 e. The third kappa shape index (κ3) is 45.8. The second kappa shape index (κ2) is 47.5. The molecule has 0 aliphatic heterocycles. The van der Waals surface area contributed by atoms with Gasteiger partial charge in [-0.3, -0.25) is 14.4 Å². The number of rotatable bonds is 43. The number of unbranched alkanes of at least 4 members (excludes halogenated alkanes) is 20. The molecule has 1 atom stereocenters. The van der Waals surface area contributed by atoms with Crippen molar-refractivity contribution >= 4 is 17.9 Å². The van der Waals surface area contributed by atoms with Gasteiger partial charge in [-0.25, -0.2) is 0 Å². The Bertz CT molecular complexity index is 1130. The first-order chi connectivity index (χ1) is 29.0. The molecule has 0 aromatic heterocycles. The highest BCUT2D eigenvalue weighted by molar-refractivity contribution is 5.71. The van der Waals surface area contributed by atoms with Gasteiger partial charge in [-0.1, -0.05) is 190 Å². The summed E-state index contributed by atoms with van der Waals surface area (Å²) in [6, 6.07) is 0. The molecule has 0 rings (SSSR count). The molecular formula is C53H90O6. The van der Waals surface area contributed by atoms with Gasteiger partial charge in [-0.05, 0) is 89.9 Å². The molecule has 0 saturated heterocycles. The van der Waals surface area contributed by atoms with Crippen LogP contribution in [0, 0.1) is 0 Å². The van der Waals surface area contributed by atoms with Crippen molar-refractivity contribution < 1.29 is 28.6 Å². The van der Waals surface area contributed by atoms with Crippen molar-refractivity contribution in [2.45, 2.75) is 232 Å². The molecule has 1 unspecified atom stereocenters. The molecule has 0 aromatic rings. The molecule has 0 aliphatic rings. The van der Waals surface area contributed by atoms with Crippen molar-refractivity contribution in [1.29, 1.82) is 0 Å². The largest absolute Gasteiger partial charge is 0.462 e. The number of carbonyl (C=O) groups excluding carboxylic acids is 3. The van der Waals surface area contributed by atoms with Gasteiger partial charge in [-0.2, -0.15) is 0 Å². The zero-order valence-corrected chi connectivity index (χ0v) is 38.5. The molecule has 0 aromatic carbocycles. The zero-order valence-electron chi connectivity index (χ0n) is 38.5. The van der Waals surface area contributed by atoms with Crippen LogP contribution in [0.2, 0.25) is 0 Å². The van der Waals surface area contributed by atoms with Gasteiger partial charge >= 0.3 is 17.9 Å². The molecule has 338 valence electrons. The Kier molecular flexibility index (Phi) is 45.0. The second-order valence-corrected chi connectivity index (χ2v) is 16.0. The molecule has 0 amide bonds. The van der Waals surface area contributed by atoms with Crippen LogP contribution in [-0.2, 0) is 28.6 Å². The Morgan fingerprint density at radius 2 is 0.661 bits per heavy atom. The molecule has 0 N–H and O–H groups in total. The van der Waals surface area contributed by atoms with Gasteiger partial charge in [-0.15, -0.1) is 0 Å². The molecule has 6 heteroatoms. The smallest absolute Gasteiger partial charge is 0.306 e. The zero-order chi connectivity index (χ0) is 43.0. The van der Waals surface area contributed by atoms with E-state index in [0.717, 1.165) is 122 Å². The van der Waals surface area contributed by atoms with Crippen LogP contribution in [0.15, 0.2) is 72.9 Å². The minimum atomic E-state index is -0.781. The molecule has 59 heavy (non-hydrogen) atoms. The molecule has 0 spiro atoms. The van der Waals surface area contributed by atoms with E-state index in [2.05, 4.69) is 93.7 Å². The van der Waals surface area contributed by atoms with Crippen LogP contribution in [0.3, 0.4) is 0 Å². The molecule has 0 radical (unpaired) electrons. The number of ether oxygens (including phenoxy) is 3. The first-order valence-corrected chi connectivity index (χ1v) is 24.4. The highest BCUT2D eigenvalue weighted by Crippen LogP contribution is 2.13. The van der Waals surface area contributed by atoms with E-state index < -0.39 is 6.10 Å². The summed E-state index contributed by atoms with van der Waals surface area (Å²) in [4.78, 5) is 37.6. The monoisotopic (exact) mass is 823 g/mol. The molecule has 0 saturated carbocycles. The van der Waals surface area contributed by atoms with Gasteiger partial charge in [0.1, 0.15) is 13.2 Å². The third-order valence-electron chi connectivity index (χ3n) is 10.2. The number of hydrogen-bond acceptors (Lipinski definition) is 6. The molecule has 0 heterocycles. The first kappa shape index (κ1) is 55.9. The number of hydrogen-bond donors (Lipinski definition) is 0. The van der Waals surface area contributed by atoms with Crippen molar-refractivity contribution in [3.05, 3.63) is 72.9 Å². The highest BCUT2D eigenvalue weighted by Gasteiger charge is 2.19. The Morgan fingerprint density at radius 1 is 0.356 bits per heavy atom. The van der Waals surface area contributed by atoms with E-state index >= 15 is 0 Å². The summed E-state index contributed by atoms with van der Waals surface area (Å²) < 4.78 is 16.6. The summed E-state index contributed by atoms with van der Waals surface area (Å²) in [5, 5.41) is 0. The Balaban J connectivity index is 4.21. The van der Waals surface area contributed by atoms with Crippen LogP contribution in [-0.4, -0.2) is 37.2 Å². The lowest BCUT2D eigenvalue weighted by molar-refractivity contribution is -0.167. The standard InChI is InChI=1S/C53H90O6/c1-4-7-10-13-15-17-19-21-23-24-25-26-27-28-30-31-33-35-37-40-43-46-52(55)58-49-50(48-57-51(54)45-42-39-12-9-6-3)59-53(56)47-44-41-38-36-34-32-29-22-20-18-16-14-11-8-5-2/h7,10,15-18,21-23,25-26,29,50H,4-6,8-9,11-14,19-20,24,27-28,30-49H2,1-3H3/b10-7-,17-15-,18-16-,23-21-,26-25-,29-22-. The second-order valence-electron chi connectivity index (χ2n) is 16.0. The Morgan fingerprint density at radius 3 is 1.07 bits per heavy atom. The van der Waals surface area contributed by atoms with E-state index in [1.165, 1.54) is 64.2 Å². The molecule has 6 nitrogen and oxygen atoms in total. The SMILES string of the molecule is CC/C=C\C/C=C\C/C=C\C/C=C\CCCCCCCCCCC(=O)OCC(COC(=O)CCCCCCC)OC(=O)CCCCCCC/C=C\C/C=C\CCCCC. The maximum atomic E-state index is 12.7. The van der Waals surface area contributed by atoms with Crippen LogP contribution in [0.5, 0.6) is 0 Å². The van der Waals surface area contributed by atoms with Crippen molar-refractivity contribution in [3.63, 3.8) is 0 Å². The summed E-state index contributed by atoms with van der Waals surface area (Å²) in [6.45, 7) is 6.39. The lowest BCUT2D eigenvalue weighted by Gasteiger charge is -2.18. The molecular weight excluding hydrogens is 733 g/mol. The average molecular weight is 823 g/mol. The predicted molar refractivity (Wildman–Crippen MR) is 251 cm³/mol. The number of carbonyl (C=O) groups is 3. The Labute approximate surface area is 363 Å². The normalized spacial score (nSPS) is 12.7. The maximum absolute atomic E-state index is 12.7. The van der Waals surface area contributed by atoms with Gasteiger partial charge in [0.15, 0.2) is 6.10 Å². The van der Waals surface area contributed by atoms with Crippen LogP contribution >= 0.6 is 0 Å². The van der Waals surface area contributed by atoms with E-state index in [0.29, 0.717) is 19.3 Å². The molecule has 0 aliphatic carbocycles. The predicted octanol–water partition coefficient (Wildman–Crippen LogP) is 15.9. The minimum absolute atomic E-state index is 0.0849. The first-order valence-electron chi connectivity index (χ1n) is 24.4. The van der Waals surface area contributed by atoms with E-state index in [4.69, 9.17) is 14.2 Å².